The van der Waals surface area contributed by atoms with Crippen LogP contribution in [0.15, 0.2) is 47.8 Å². The maximum atomic E-state index is 11.9. The zero-order chi connectivity index (χ0) is 14.7. The molecule has 3 aromatic heterocycles. The molecule has 0 aliphatic carbocycles. The number of nitrogens with zero attached hydrogens (tertiary/aromatic N) is 4. The zero-order valence-electron chi connectivity index (χ0n) is 11.9. The molecule has 0 radical (unpaired) electrons. The van der Waals surface area contributed by atoms with Crippen LogP contribution in [-0.2, 0) is 6.54 Å². The third-order valence-corrected chi connectivity index (χ3v) is 3.40. The van der Waals surface area contributed by atoms with E-state index in [4.69, 9.17) is 0 Å². The standard InChI is InChI=1S/C16H16N4O/c1-2-3-9-20-10-6-14(21)13-11-18-15(19-16(13)20)12-4-7-17-8-5-12/h4-8,10-11H,2-3,9H2,1H3. The summed E-state index contributed by atoms with van der Waals surface area (Å²) < 4.78 is 2.02. The van der Waals surface area contributed by atoms with Crippen LogP contribution in [0, 0.1) is 0 Å². The molecule has 0 fully saturated rings. The number of hydrogen-bond acceptors (Lipinski definition) is 4. The second kappa shape index (κ2) is 5.83. The number of rotatable bonds is 4. The van der Waals surface area contributed by atoms with E-state index in [1.807, 2.05) is 22.9 Å². The summed E-state index contributed by atoms with van der Waals surface area (Å²) >= 11 is 0. The van der Waals surface area contributed by atoms with Crippen LogP contribution in [0.5, 0.6) is 0 Å². The fourth-order valence-electron chi connectivity index (χ4n) is 2.23. The summed E-state index contributed by atoms with van der Waals surface area (Å²) in [5.41, 5.74) is 1.54. The van der Waals surface area contributed by atoms with Gasteiger partial charge >= 0.3 is 0 Å². The van der Waals surface area contributed by atoms with Gasteiger partial charge in [0.2, 0.25) is 0 Å². The molecule has 106 valence electrons. The smallest absolute Gasteiger partial charge is 0.192 e. The van der Waals surface area contributed by atoms with Crippen LogP contribution in [0.4, 0.5) is 0 Å². The van der Waals surface area contributed by atoms with Gasteiger partial charge in [0.05, 0.1) is 5.39 Å². The summed E-state index contributed by atoms with van der Waals surface area (Å²) in [6.07, 6.45) is 8.98. The normalized spacial score (nSPS) is 10.9. The molecule has 0 aliphatic rings. The Morgan fingerprint density at radius 1 is 1.19 bits per heavy atom. The van der Waals surface area contributed by atoms with Crippen molar-refractivity contribution in [2.45, 2.75) is 26.3 Å². The van der Waals surface area contributed by atoms with Crippen molar-refractivity contribution in [1.29, 1.82) is 0 Å². The third-order valence-electron chi connectivity index (χ3n) is 3.40. The molecular formula is C16H16N4O. The van der Waals surface area contributed by atoms with Crippen molar-refractivity contribution in [1.82, 2.24) is 19.5 Å². The predicted molar refractivity (Wildman–Crippen MR) is 81.9 cm³/mol. The summed E-state index contributed by atoms with van der Waals surface area (Å²) in [4.78, 5) is 24.8. The minimum atomic E-state index is -0.0426. The van der Waals surface area contributed by atoms with Crippen molar-refractivity contribution < 1.29 is 0 Å². The molecule has 0 saturated heterocycles. The lowest BCUT2D eigenvalue weighted by Crippen LogP contribution is -2.10. The molecule has 3 rings (SSSR count). The Morgan fingerprint density at radius 3 is 2.76 bits per heavy atom. The van der Waals surface area contributed by atoms with Gasteiger partial charge in [0.25, 0.3) is 0 Å². The van der Waals surface area contributed by atoms with E-state index in [1.54, 1.807) is 24.7 Å². The highest BCUT2D eigenvalue weighted by Gasteiger charge is 2.08. The van der Waals surface area contributed by atoms with E-state index in [0.717, 1.165) is 24.9 Å². The summed E-state index contributed by atoms with van der Waals surface area (Å²) in [6.45, 7) is 2.99. The maximum Gasteiger partial charge on any atom is 0.192 e. The molecule has 3 aromatic rings. The molecule has 0 amide bonds. The maximum absolute atomic E-state index is 11.9. The number of unbranched alkanes of at least 4 members (excludes halogenated alkanes) is 1. The van der Waals surface area contributed by atoms with Crippen molar-refractivity contribution >= 4 is 11.0 Å². The van der Waals surface area contributed by atoms with E-state index in [2.05, 4.69) is 21.9 Å². The van der Waals surface area contributed by atoms with Crippen molar-refractivity contribution in [3.63, 3.8) is 0 Å². The van der Waals surface area contributed by atoms with Crippen LogP contribution < -0.4 is 5.43 Å². The number of fused-ring (bicyclic) bond motifs is 1. The van der Waals surface area contributed by atoms with Gasteiger partial charge in [-0.1, -0.05) is 13.3 Å². The molecule has 3 heterocycles. The van der Waals surface area contributed by atoms with Crippen LogP contribution in [0.1, 0.15) is 19.8 Å². The molecule has 0 aromatic carbocycles. The SMILES string of the molecule is CCCCn1ccc(=O)c2cnc(-c3ccncc3)nc21. The number of aromatic nitrogens is 4. The lowest BCUT2D eigenvalue weighted by Gasteiger charge is -2.10. The van der Waals surface area contributed by atoms with E-state index < -0.39 is 0 Å². The molecule has 0 spiro atoms. The molecule has 21 heavy (non-hydrogen) atoms. The van der Waals surface area contributed by atoms with Crippen LogP contribution in [0.3, 0.4) is 0 Å². The Morgan fingerprint density at radius 2 is 2.00 bits per heavy atom. The Labute approximate surface area is 122 Å². The van der Waals surface area contributed by atoms with Gasteiger partial charge in [-0.15, -0.1) is 0 Å². The van der Waals surface area contributed by atoms with Crippen molar-refractivity contribution in [3.8, 4) is 11.4 Å². The highest BCUT2D eigenvalue weighted by atomic mass is 16.1. The minimum absolute atomic E-state index is 0.0426. The average Bonchev–Trinajstić information content (AvgIpc) is 2.55. The zero-order valence-corrected chi connectivity index (χ0v) is 11.9. The topological polar surface area (TPSA) is 60.7 Å². The highest BCUT2D eigenvalue weighted by Crippen LogP contribution is 2.16. The summed E-state index contributed by atoms with van der Waals surface area (Å²) in [6, 6.07) is 5.30. The monoisotopic (exact) mass is 280 g/mol. The molecular weight excluding hydrogens is 264 g/mol. The van der Waals surface area contributed by atoms with E-state index in [1.165, 1.54) is 0 Å². The van der Waals surface area contributed by atoms with Crippen LogP contribution in [0.2, 0.25) is 0 Å². The molecule has 0 N–H and O–H groups in total. The lowest BCUT2D eigenvalue weighted by molar-refractivity contribution is 0.641. The molecule has 5 nitrogen and oxygen atoms in total. The first-order valence-corrected chi connectivity index (χ1v) is 7.06. The number of hydrogen-bond donors (Lipinski definition) is 0. The van der Waals surface area contributed by atoms with Gasteiger partial charge in [0, 0.05) is 43.0 Å². The van der Waals surface area contributed by atoms with E-state index >= 15 is 0 Å². The Balaban J connectivity index is 2.17. The Bertz CT molecular complexity index is 811. The third kappa shape index (κ3) is 2.67. The fourth-order valence-corrected chi connectivity index (χ4v) is 2.23. The Kier molecular flexibility index (Phi) is 3.73. The highest BCUT2D eigenvalue weighted by molar-refractivity contribution is 5.76. The molecule has 0 aliphatic heterocycles. The summed E-state index contributed by atoms with van der Waals surface area (Å²) in [5.74, 6) is 0.612. The van der Waals surface area contributed by atoms with Gasteiger partial charge in [-0.25, -0.2) is 9.97 Å². The first kappa shape index (κ1) is 13.4. The molecule has 0 unspecified atom stereocenters. The molecule has 5 heteroatoms. The first-order chi connectivity index (χ1) is 10.3. The average molecular weight is 280 g/mol. The largest absolute Gasteiger partial charge is 0.332 e. The minimum Gasteiger partial charge on any atom is -0.332 e. The quantitative estimate of drug-likeness (QED) is 0.737. The van der Waals surface area contributed by atoms with Gasteiger partial charge in [-0.3, -0.25) is 9.78 Å². The van der Waals surface area contributed by atoms with Crippen molar-refractivity contribution in [2.24, 2.45) is 0 Å². The predicted octanol–water partition coefficient (Wildman–Crippen LogP) is 2.65. The van der Waals surface area contributed by atoms with Crippen LogP contribution in [-0.4, -0.2) is 19.5 Å². The van der Waals surface area contributed by atoms with Gasteiger partial charge in [0.1, 0.15) is 5.65 Å². The summed E-state index contributed by atoms with van der Waals surface area (Å²) in [7, 11) is 0. The summed E-state index contributed by atoms with van der Waals surface area (Å²) in [5, 5.41) is 0.561. The van der Waals surface area contributed by atoms with Gasteiger partial charge < -0.3 is 4.57 Å². The van der Waals surface area contributed by atoms with Gasteiger partial charge in [0.15, 0.2) is 11.3 Å². The van der Waals surface area contributed by atoms with E-state index in [0.29, 0.717) is 16.9 Å². The van der Waals surface area contributed by atoms with Crippen molar-refractivity contribution in [3.05, 3.63) is 53.2 Å². The first-order valence-electron chi connectivity index (χ1n) is 7.06. The van der Waals surface area contributed by atoms with Crippen LogP contribution in [0.25, 0.3) is 22.4 Å². The Hall–Kier alpha value is -2.56. The van der Waals surface area contributed by atoms with Gasteiger partial charge in [-0.05, 0) is 18.6 Å². The van der Waals surface area contributed by atoms with Crippen LogP contribution >= 0.6 is 0 Å². The number of aryl methyl sites for hydroxylation is 1. The second-order valence-electron chi connectivity index (χ2n) is 4.89. The second-order valence-corrected chi connectivity index (χ2v) is 4.89. The van der Waals surface area contributed by atoms with E-state index in [-0.39, 0.29) is 5.43 Å². The number of pyridine rings is 2. The lowest BCUT2D eigenvalue weighted by atomic mass is 10.2. The fraction of sp³-hybridized carbons (Fsp3) is 0.250. The molecule has 0 atom stereocenters. The molecule has 0 bridgehead atoms. The van der Waals surface area contributed by atoms with Gasteiger partial charge in [-0.2, -0.15) is 0 Å². The van der Waals surface area contributed by atoms with Crippen molar-refractivity contribution in [2.75, 3.05) is 0 Å². The molecule has 0 saturated carbocycles. The van der Waals surface area contributed by atoms with E-state index in [9.17, 15) is 4.79 Å².